The highest BCUT2D eigenvalue weighted by atomic mass is 35.5. The van der Waals surface area contributed by atoms with Crippen molar-refractivity contribution in [1.82, 2.24) is 0 Å². The highest BCUT2D eigenvalue weighted by molar-refractivity contribution is 7.86. The molecule has 50 heavy (non-hydrogen) atoms. The van der Waals surface area contributed by atoms with E-state index in [0.717, 1.165) is 24.1 Å². The molecule has 0 aliphatic heterocycles. The molecule has 6 N–H and O–H groups in total. The first-order valence-electron chi connectivity index (χ1n) is 13.9. The maximum Gasteiger partial charge on any atom is 0.296 e. The average Bonchev–Trinajstić information content (AvgIpc) is 3.03. The molecule has 0 aromatic heterocycles. The van der Waals surface area contributed by atoms with E-state index in [1.165, 1.54) is 68.8 Å². The van der Waals surface area contributed by atoms with Crippen molar-refractivity contribution in [2.24, 2.45) is 4.99 Å². The summed E-state index contributed by atoms with van der Waals surface area (Å²) in [5, 5.41) is 17.0. The van der Waals surface area contributed by atoms with Crippen LogP contribution in [0.3, 0.4) is 0 Å². The van der Waals surface area contributed by atoms with Crippen LogP contribution in [0.2, 0.25) is 0 Å². The Bertz CT molecular complexity index is 2310. The molecule has 0 aliphatic rings. The maximum absolute atomic E-state index is 14.0. The first-order valence-corrected chi connectivity index (χ1v) is 17.1. The van der Waals surface area contributed by atoms with Crippen LogP contribution in [0.15, 0.2) is 105 Å². The minimum Gasteiger partial charge on any atom is -0.505 e. The van der Waals surface area contributed by atoms with Crippen molar-refractivity contribution in [3.05, 3.63) is 95.6 Å². The number of phenolic OH excluding ortho intramolecular Hbond substituents is 1. The second kappa shape index (κ2) is 14.7. The van der Waals surface area contributed by atoms with E-state index in [1.54, 1.807) is 0 Å². The fourth-order valence-corrected chi connectivity index (χ4v) is 6.10. The molecule has 0 spiro atoms. The summed E-state index contributed by atoms with van der Waals surface area (Å²) in [6.45, 7) is 4.51. The Morgan fingerprint density at radius 1 is 0.940 bits per heavy atom. The molecule has 4 aromatic carbocycles. The van der Waals surface area contributed by atoms with E-state index >= 15 is 0 Å². The van der Waals surface area contributed by atoms with Crippen molar-refractivity contribution in [1.29, 1.82) is 0 Å². The number of carbonyl (C=O) groups is 1. The van der Waals surface area contributed by atoms with Crippen molar-refractivity contribution in [3.8, 4) is 11.5 Å². The predicted molar refractivity (Wildman–Crippen MR) is 186 cm³/mol. The molecule has 0 fully saturated rings. The highest BCUT2D eigenvalue weighted by Crippen LogP contribution is 2.42. The molecule has 0 radical (unpaired) electrons. The zero-order valence-corrected chi connectivity index (χ0v) is 28.6. The van der Waals surface area contributed by atoms with Gasteiger partial charge in [0.1, 0.15) is 32.0 Å². The Balaban J connectivity index is 1.65. The number of hydrogen-bond donors (Lipinski definition) is 6. The Morgan fingerprint density at radius 3 is 2.22 bits per heavy atom. The first kappa shape index (κ1) is 37.5. The molecule has 0 saturated heterocycles. The number of hydrazine groups is 1. The summed E-state index contributed by atoms with van der Waals surface area (Å²) in [7, 11) is -7.35. The van der Waals surface area contributed by atoms with Gasteiger partial charge in [0.25, 0.3) is 26.1 Å². The van der Waals surface area contributed by atoms with Crippen molar-refractivity contribution >= 4 is 77.2 Å². The van der Waals surface area contributed by atoms with E-state index in [9.17, 15) is 44.6 Å². The SMILES string of the molecule is C=C(Nc1cccc(C(=O)Nc2ccc3c(O)c(N(C)Nc4ccc(OC)cc4S(=O)(=O)O)c(S(=O)(=O)O)cc3c2)c1)/C(Cl)=C(F)\N=C(/C)F. The largest absolute Gasteiger partial charge is 0.505 e. The quantitative estimate of drug-likeness (QED) is 0.0304. The van der Waals surface area contributed by atoms with Crippen LogP contribution in [0.4, 0.5) is 31.5 Å². The number of fused-ring (bicyclic) bond motifs is 1. The van der Waals surface area contributed by atoms with Gasteiger partial charge in [0.15, 0.2) is 5.97 Å². The number of rotatable bonds is 12. The van der Waals surface area contributed by atoms with Crippen LogP contribution in [0.1, 0.15) is 17.3 Å². The van der Waals surface area contributed by atoms with Crippen LogP contribution >= 0.6 is 11.6 Å². The minimum atomic E-state index is -5.04. The van der Waals surface area contributed by atoms with Gasteiger partial charge in [-0.2, -0.15) is 30.6 Å². The summed E-state index contributed by atoms with van der Waals surface area (Å²) in [5.41, 5.74) is 2.21. The number of phenols is 1. The molecule has 0 bridgehead atoms. The number of nitrogens with zero attached hydrogens (tertiary/aromatic N) is 2. The fraction of sp³-hybridized carbons (Fsp3) is 0.0968. The summed E-state index contributed by atoms with van der Waals surface area (Å²) in [4.78, 5) is 14.7. The molecule has 4 aromatic rings. The summed E-state index contributed by atoms with van der Waals surface area (Å²) in [6.07, 6.45) is 0. The topological polar surface area (TPSA) is 207 Å². The number of nitrogens with one attached hydrogen (secondary N) is 3. The number of aliphatic imine (C=N–C) groups is 1. The summed E-state index contributed by atoms with van der Waals surface area (Å²) < 4.78 is 101. The highest BCUT2D eigenvalue weighted by Gasteiger charge is 2.26. The van der Waals surface area contributed by atoms with E-state index in [1.807, 2.05) is 0 Å². The number of carbonyl (C=O) groups excluding carboxylic acids is 1. The van der Waals surface area contributed by atoms with Crippen LogP contribution in [0.5, 0.6) is 11.5 Å². The number of halogens is 3. The Hall–Kier alpha value is -5.27. The van der Waals surface area contributed by atoms with Crippen LogP contribution in [0, 0.1) is 0 Å². The second-order valence-corrected chi connectivity index (χ2v) is 13.5. The lowest BCUT2D eigenvalue weighted by Gasteiger charge is -2.26. The third-order valence-electron chi connectivity index (χ3n) is 6.80. The molecule has 0 saturated carbocycles. The predicted octanol–water partition coefficient (Wildman–Crippen LogP) is 6.45. The number of amides is 1. The lowest BCUT2D eigenvalue weighted by atomic mass is 10.1. The number of ether oxygens (including phenoxy) is 1. The van der Waals surface area contributed by atoms with Crippen molar-refractivity contribution < 1.29 is 49.4 Å². The standard InChI is InChI=1S/C31H28ClF2N5O9S2/c1-16(27(32)30(34)36-17(2)33)35-20-7-5-6-18(12-20)31(41)37-21-8-10-23-19(13-21)14-26(50(45,46)47)28(29(23)40)39(3)38-24-11-9-22(48-4)15-25(24)49(42,43)44/h5-15,35,38,40H,1H2,2-4H3,(H,37,41)(H,42,43,44)(H,45,46,47)/b30-27+,36-17+. The molecule has 19 heteroatoms. The molecular formula is C31H28ClF2N5O9S2. The van der Waals surface area contributed by atoms with Gasteiger partial charge in [-0.05, 0) is 60.0 Å². The van der Waals surface area contributed by atoms with E-state index in [0.29, 0.717) is 0 Å². The molecule has 4 rings (SSSR count). The third-order valence-corrected chi connectivity index (χ3v) is 8.94. The van der Waals surface area contributed by atoms with Gasteiger partial charge >= 0.3 is 0 Å². The molecule has 0 heterocycles. The van der Waals surface area contributed by atoms with Crippen LogP contribution in [-0.4, -0.2) is 57.1 Å². The average molecular weight is 752 g/mol. The normalized spacial score (nSPS) is 12.6. The van der Waals surface area contributed by atoms with E-state index in [2.05, 4.69) is 27.6 Å². The van der Waals surface area contributed by atoms with Crippen molar-refractivity contribution in [3.63, 3.8) is 0 Å². The number of methoxy groups -OCH3 is 1. The molecule has 0 unspecified atom stereocenters. The zero-order chi connectivity index (χ0) is 37.1. The first-order chi connectivity index (χ1) is 23.3. The summed E-state index contributed by atoms with van der Waals surface area (Å²) in [6, 6.07) is 14.5. The van der Waals surface area contributed by atoms with E-state index in [4.69, 9.17) is 16.3 Å². The third kappa shape index (κ3) is 8.65. The maximum atomic E-state index is 14.0. The molecule has 1 amide bonds. The van der Waals surface area contributed by atoms with E-state index < -0.39 is 64.3 Å². The van der Waals surface area contributed by atoms with Crippen molar-refractivity contribution in [2.75, 3.05) is 35.2 Å². The monoisotopic (exact) mass is 751 g/mol. The Labute approximate surface area is 289 Å². The number of anilines is 4. The smallest absolute Gasteiger partial charge is 0.296 e. The molecule has 14 nitrogen and oxygen atoms in total. The number of benzene rings is 4. The van der Waals surface area contributed by atoms with Gasteiger partial charge in [0.2, 0.25) is 5.95 Å². The number of hydrogen-bond acceptors (Lipinski definition) is 11. The lowest BCUT2D eigenvalue weighted by molar-refractivity contribution is 0.102. The Kier molecular flexibility index (Phi) is 11.0. The molecular weight excluding hydrogens is 724 g/mol. The van der Waals surface area contributed by atoms with Gasteiger partial charge in [-0.15, -0.1) is 0 Å². The molecule has 0 aliphatic carbocycles. The molecule has 264 valence electrons. The van der Waals surface area contributed by atoms with Gasteiger partial charge in [-0.25, -0.2) is 0 Å². The number of allylic oxidation sites excluding steroid dienone is 1. The number of aromatic hydroxyl groups is 1. The van der Waals surface area contributed by atoms with Gasteiger partial charge in [0.05, 0.1) is 18.5 Å². The van der Waals surface area contributed by atoms with Gasteiger partial charge in [0, 0.05) is 42.4 Å². The fourth-order valence-electron chi connectivity index (χ4n) is 4.60. The van der Waals surface area contributed by atoms with Gasteiger partial charge in [-0.1, -0.05) is 24.2 Å². The van der Waals surface area contributed by atoms with Crippen molar-refractivity contribution in [2.45, 2.75) is 16.7 Å². The summed E-state index contributed by atoms with van der Waals surface area (Å²) in [5.74, 6) is -3.58. The van der Waals surface area contributed by atoms with Crippen LogP contribution in [-0.2, 0) is 20.2 Å². The Morgan fingerprint density at radius 2 is 1.60 bits per heavy atom. The molecule has 0 atom stereocenters. The second-order valence-electron chi connectivity index (χ2n) is 10.3. The zero-order valence-electron chi connectivity index (χ0n) is 26.2. The minimum absolute atomic E-state index is 0.0643. The van der Waals surface area contributed by atoms with Gasteiger partial charge < -0.3 is 20.5 Å². The van der Waals surface area contributed by atoms with E-state index in [-0.39, 0.29) is 44.8 Å². The van der Waals surface area contributed by atoms with Crippen LogP contribution in [0.25, 0.3) is 10.8 Å². The van der Waals surface area contributed by atoms with Crippen LogP contribution < -0.4 is 25.8 Å². The summed E-state index contributed by atoms with van der Waals surface area (Å²) >= 11 is 5.86. The van der Waals surface area contributed by atoms with Gasteiger partial charge in [-0.3, -0.25) is 24.3 Å². The lowest BCUT2D eigenvalue weighted by Crippen LogP contribution is -2.27.